The molecular formula is C32H48ClN3O5. The molecule has 0 spiro atoms. The summed E-state index contributed by atoms with van der Waals surface area (Å²) in [5.74, 6) is 0.947. The van der Waals surface area contributed by atoms with Crippen LogP contribution in [-0.2, 0) is 19.1 Å². The van der Waals surface area contributed by atoms with E-state index in [0.717, 1.165) is 63.4 Å². The molecule has 4 aliphatic carbocycles. The average molecular weight is 590 g/mol. The van der Waals surface area contributed by atoms with Crippen LogP contribution in [0.4, 0.5) is 4.79 Å². The molecule has 0 radical (unpaired) electrons. The van der Waals surface area contributed by atoms with Crippen molar-refractivity contribution in [1.29, 1.82) is 0 Å². The Hall–Kier alpha value is -2.32. The Balaban J connectivity index is 0.00000387. The fraction of sp³-hybridized carbons (Fsp3) is 0.719. The SMILES string of the molecule is CC(=O)OCC(c1ccccc1)N(C)C(=O)C1CCC2(N)[C@@H]3CCC4CC(OC(N)=O)CC[C@]4(C)[C@H]3CC[C@]12C.Cl. The molecule has 0 bridgehead atoms. The smallest absolute Gasteiger partial charge is 0.404 e. The van der Waals surface area contributed by atoms with Gasteiger partial charge in [0.15, 0.2) is 0 Å². The quantitative estimate of drug-likeness (QED) is 0.429. The Bertz CT molecular complexity index is 1140. The molecule has 0 heterocycles. The Morgan fingerprint density at radius 2 is 1.71 bits per heavy atom. The molecule has 5 unspecified atom stereocenters. The fourth-order valence-electron chi connectivity index (χ4n) is 9.66. The topological polar surface area (TPSA) is 125 Å². The van der Waals surface area contributed by atoms with Crippen molar-refractivity contribution in [2.45, 2.75) is 96.2 Å². The molecule has 4 fully saturated rings. The normalized spacial score (nSPS) is 38.2. The van der Waals surface area contributed by atoms with Crippen LogP contribution in [0.25, 0.3) is 0 Å². The minimum absolute atomic E-state index is 0. The summed E-state index contributed by atoms with van der Waals surface area (Å²) in [7, 11) is 1.84. The molecular weight excluding hydrogens is 542 g/mol. The van der Waals surface area contributed by atoms with Crippen molar-refractivity contribution < 1.29 is 23.9 Å². The van der Waals surface area contributed by atoms with Crippen LogP contribution in [0.3, 0.4) is 0 Å². The summed E-state index contributed by atoms with van der Waals surface area (Å²) in [6, 6.07) is 9.45. The maximum atomic E-state index is 14.3. The second-order valence-electron chi connectivity index (χ2n) is 13.6. The third kappa shape index (κ3) is 5.35. The van der Waals surface area contributed by atoms with Crippen LogP contribution >= 0.6 is 12.4 Å². The third-order valence-corrected chi connectivity index (χ3v) is 12.0. The lowest BCUT2D eigenvalue weighted by atomic mass is 9.42. The number of rotatable bonds is 6. The van der Waals surface area contributed by atoms with Crippen LogP contribution in [0.15, 0.2) is 30.3 Å². The number of hydrogen-bond donors (Lipinski definition) is 2. The van der Waals surface area contributed by atoms with Crippen LogP contribution in [0, 0.1) is 34.5 Å². The van der Waals surface area contributed by atoms with Crippen molar-refractivity contribution in [3.63, 3.8) is 0 Å². The van der Waals surface area contributed by atoms with Crippen LogP contribution < -0.4 is 11.5 Å². The molecule has 4 saturated carbocycles. The summed E-state index contributed by atoms with van der Waals surface area (Å²) >= 11 is 0. The van der Waals surface area contributed by atoms with Crippen molar-refractivity contribution in [3.8, 4) is 0 Å². The summed E-state index contributed by atoms with van der Waals surface area (Å²) in [6.07, 6.45) is 7.74. The summed E-state index contributed by atoms with van der Waals surface area (Å²) < 4.78 is 10.8. The van der Waals surface area contributed by atoms with Crippen molar-refractivity contribution in [3.05, 3.63) is 35.9 Å². The number of benzene rings is 1. The number of hydrogen-bond acceptors (Lipinski definition) is 6. The van der Waals surface area contributed by atoms with Crippen LogP contribution in [-0.4, -0.2) is 48.2 Å². The Kier molecular flexibility index (Phi) is 9.06. The van der Waals surface area contributed by atoms with Gasteiger partial charge in [0.1, 0.15) is 12.7 Å². The maximum absolute atomic E-state index is 14.3. The van der Waals surface area contributed by atoms with Gasteiger partial charge in [0.05, 0.1) is 6.04 Å². The first kappa shape index (κ1) is 31.6. The first-order valence-electron chi connectivity index (χ1n) is 15.1. The van der Waals surface area contributed by atoms with Gasteiger partial charge in [-0.3, -0.25) is 9.59 Å². The van der Waals surface area contributed by atoms with Crippen LogP contribution in [0.2, 0.25) is 0 Å². The molecule has 1 aromatic carbocycles. The molecule has 0 aromatic heterocycles. The second-order valence-corrected chi connectivity index (χ2v) is 13.6. The van der Waals surface area contributed by atoms with Gasteiger partial charge in [-0.25, -0.2) is 4.79 Å². The van der Waals surface area contributed by atoms with Crippen molar-refractivity contribution in [2.75, 3.05) is 13.7 Å². The molecule has 9 atom stereocenters. The van der Waals surface area contributed by atoms with Crippen LogP contribution in [0.1, 0.15) is 90.2 Å². The summed E-state index contributed by atoms with van der Waals surface area (Å²) in [4.78, 5) is 39.1. The van der Waals surface area contributed by atoms with Gasteiger partial charge in [-0.1, -0.05) is 44.2 Å². The van der Waals surface area contributed by atoms with Crippen molar-refractivity contribution >= 4 is 30.4 Å². The number of nitrogens with zero attached hydrogens (tertiary/aromatic N) is 1. The predicted octanol–water partition coefficient (Wildman–Crippen LogP) is 5.38. The Morgan fingerprint density at radius 3 is 2.37 bits per heavy atom. The number of esters is 1. The highest BCUT2D eigenvalue weighted by molar-refractivity contribution is 5.85. The van der Waals surface area contributed by atoms with Gasteiger partial charge in [0.2, 0.25) is 5.91 Å². The first-order valence-corrected chi connectivity index (χ1v) is 15.1. The number of nitrogens with two attached hydrogens (primary N) is 2. The molecule has 4 aliphatic rings. The highest BCUT2D eigenvalue weighted by atomic mass is 35.5. The highest BCUT2D eigenvalue weighted by Crippen LogP contribution is 2.68. The van der Waals surface area contributed by atoms with Crippen molar-refractivity contribution in [2.24, 2.45) is 46.0 Å². The number of carbonyl (C=O) groups is 3. The molecule has 8 nitrogen and oxygen atoms in total. The summed E-state index contributed by atoms with van der Waals surface area (Å²) in [6.45, 7) is 6.23. The molecule has 41 heavy (non-hydrogen) atoms. The lowest BCUT2D eigenvalue weighted by Crippen LogP contribution is -2.67. The van der Waals surface area contributed by atoms with E-state index < -0.39 is 11.6 Å². The van der Waals surface area contributed by atoms with Crippen LogP contribution in [0.5, 0.6) is 0 Å². The standard InChI is InChI=1S/C32H47N3O5.ClH/c1-20(36)39-19-27(21-8-6-5-7-9-21)35(4)28(37)26-14-17-32(34)25-11-10-22-18-23(40-29(33)38)12-15-30(22,2)24(25)13-16-31(26,32)3;/h5-9,22-27H,10-19,34H2,1-4H3,(H2,33,38);1H/t22?,23?,24-,25+,26?,27?,30-,31+,32?;/m0./s1. The number of carbonyl (C=O) groups excluding carboxylic acids is 3. The van der Waals surface area contributed by atoms with E-state index in [1.165, 1.54) is 6.92 Å². The van der Waals surface area contributed by atoms with E-state index in [2.05, 4.69) is 13.8 Å². The minimum atomic E-state index is -0.675. The molecule has 228 valence electrons. The Morgan fingerprint density at radius 1 is 1.00 bits per heavy atom. The molecule has 2 amide bonds. The molecule has 0 saturated heterocycles. The van der Waals surface area contributed by atoms with Gasteiger partial charge in [-0.2, -0.15) is 0 Å². The lowest BCUT2D eigenvalue weighted by Gasteiger charge is -2.64. The monoisotopic (exact) mass is 589 g/mol. The predicted molar refractivity (Wildman–Crippen MR) is 159 cm³/mol. The highest BCUT2D eigenvalue weighted by Gasteiger charge is 2.67. The van der Waals surface area contributed by atoms with E-state index in [-0.39, 0.29) is 59.8 Å². The lowest BCUT2D eigenvalue weighted by molar-refractivity contribution is -0.156. The maximum Gasteiger partial charge on any atom is 0.404 e. The molecule has 4 N–H and O–H groups in total. The number of likely N-dealkylation sites (N-methyl/N-ethyl adjacent to an activating group) is 1. The molecule has 9 heteroatoms. The van der Waals surface area contributed by atoms with Gasteiger partial charge in [-0.05, 0) is 91.9 Å². The van der Waals surface area contributed by atoms with Gasteiger partial charge >= 0.3 is 12.1 Å². The first-order chi connectivity index (χ1) is 18.9. The van der Waals surface area contributed by atoms with E-state index in [9.17, 15) is 14.4 Å². The zero-order chi connectivity index (χ0) is 28.9. The molecule has 1 aromatic rings. The molecule has 0 aliphatic heterocycles. The van der Waals surface area contributed by atoms with E-state index in [0.29, 0.717) is 17.8 Å². The van der Waals surface area contributed by atoms with Gasteiger partial charge in [0.25, 0.3) is 0 Å². The van der Waals surface area contributed by atoms with Gasteiger partial charge in [-0.15, -0.1) is 12.4 Å². The zero-order valence-corrected chi connectivity index (χ0v) is 25.8. The van der Waals surface area contributed by atoms with E-state index in [1.54, 1.807) is 4.90 Å². The largest absolute Gasteiger partial charge is 0.463 e. The summed E-state index contributed by atoms with van der Waals surface area (Å²) in [5.41, 5.74) is 13.3. The van der Waals surface area contributed by atoms with E-state index in [4.69, 9.17) is 20.9 Å². The van der Waals surface area contributed by atoms with Gasteiger partial charge in [0, 0.05) is 25.4 Å². The second kappa shape index (κ2) is 11.8. The molecule has 5 rings (SSSR count). The minimum Gasteiger partial charge on any atom is -0.463 e. The number of amides is 2. The zero-order valence-electron chi connectivity index (χ0n) is 25.0. The van der Waals surface area contributed by atoms with E-state index in [1.807, 2.05) is 37.4 Å². The third-order valence-electron chi connectivity index (χ3n) is 12.0. The number of halogens is 1. The summed E-state index contributed by atoms with van der Waals surface area (Å²) in [5, 5.41) is 0. The number of fused-ring (bicyclic) bond motifs is 5. The fourth-order valence-corrected chi connectivity index (χ4v) is 9.66. The van der Waals surface area contributed by atoms with Crippen molar-refractivity contribution in [1.82, 2.24) is 4.90 Å². The number of primary amides is 1. The van der Waals surface area contributed by atoms with E-state index >= 15 is 0 Å². The van der Waals surface area contributed by atoms with Gasteiger partial charge < -0.3 is 25.8 Å². The number of ether oxygens (including phenoxy) is 2. The average Bonchev–Trinajstić information content (AvgIpc) is 3.19. The Labute approximate surface area is 250 Å².